The summed E-state index contributed by atoms with van der Waals surface area (Å²) in [5.74, 6) is 1.94. The van der Waals surface area contributed by atoms with Crippen LogP contribution in [0.1, 0.15) is 5.56 Å². The molecule has 4 nitrogen and oxygen atoms in total. The Morgan fingerprint density at radius 3 is 2.84 bits per heavy atom. The van der Waals surface area contributed by atoms with Gasteiger partial charge in [0.1, 0.15) is 5.75 Å². The Kier molecular flexibility index (Phi) is 3.05. The van der Waals surface area contributed by atoms with Crippen molar-refractivity contribution in [1.82, 2.24) is 10.1 Å². The number of nitrogens with zero attached hydrogens (tertiary/aromatic N) is 2. The molecule has 19 heavy (non-hydrogen) atoms. The molecule has 0 saturated heterocycles. The smallest absolute Gasteiger partial charge is 0.258 e. The van der Waals surface area contributed by atoms with Crippen molar-refractivity contribution in [1.29, 1.82) is 0 Å². The zero-order valence-corrected chi connectivity index (χ0v) is 11.4. The summed E-state index contributed by atoms with van der Waals surface area (Å²) < 4.78 is 10.6. The third kappa shape index (κ3) is 2.13. The zero-order chi connectivity index (χ0) is 13.2. The molecule has 0 fully saturated rings. The second-order valence-electron chi connectivity index (χ2n) is 4.03. The second kappa shape index (κ2) is 4.85. The van der Waals surface area contributed by atoms with E-state index in [1.165, 1.54) is 0 Å². The lowest BCUT2D eigenvalue weighted by Crippen LogP contribution is -1.90. The lowest BCUT2D eigenvalue weighted by molar-refractivity contribution is 0.410. The first-order chi connectivity index (χ1) is 9.29. The normalized spacial score (nSPS) is 10.6. The predicted molar refractivity (Wildman–Crippen MR) is 74.3 cm³/mol. The Bertz CT molecular complexity index is 689. The van der Waals surface area contributed by atoms with Crippen molar-refractivity contribution in [2.75, 3.05) is 7.11 Å². The summed E-state index contributed by atoms with van der Waals surface area (Å²) in [5, 5.41) is 6.00. The first-order valence-corrected chi connectivity index (χ1v) is 6.69. The van der Waals surface area contributed by atoms with E-state index in [4.69, 9.17) is 9.26 Å². The third-order valence-electron chi connectivity index (χ3n) is 2.90. The quantitative estimate of drug-likeness (QED) is 0.728. The van der Waals surface area contributed by atoms with Gasteiger partial charge in [0.05, 0.1) is 12.0 Å². The number of thiophene rings is 1. The van der Waals surface area contributed by atoms with Crippen molar-refractivity contribution < 1.29 is 9.26 Å². The van der Waals surface area contributed by atoms with Gasteiger partial charge < -0.3 is 9.26 Å². The molecule has 0 saturated carbocycles. The molecule has 0 aliphatic rings. The summed E-state index contributed by atoms with van der Waals surface area (Å²) in [6, 6.07) is 9.71. The average molecular weight is 272 g/mol. The van der Waals surface area contributed by atoms with Crippen molar-refractivity contribution in [3.8, 4) is 27.9 Å². The molecule has 2 heterocycles. The van der Waals surface area contributed by atoms with Crippen LogP contribution in [0.2, 0.25) is 0 Å². The van der Waals surface area contributed by atoms with Gasteiger partial charge in [-0.3, -0.25) is 0 Å². The van der Waals surface area contributed by atoms with Crippen molar-refractivity contribution in [3.63, 3.8) is 0 Å². The minimum absolute atomic E-state index is 0.514. The van der Waals surface area contributed by atoms with Gasteiger partial charge in [0.25, 0.3) is 5.89 Å². The first kappa shape index (κ1) is 11.9. The van der Waals surface area contributed by atoms with E-state index in [0.717, 1.165) is 21.8 Å². The van der Waals surface area contributed by atoms with Crippen molar-refractivity contribution in [2.45, 2.75) is 6.92 Å². The van der Waals surface area contributed by atoms with E-state index in [1.54, 1.807) is 18.4 Å². The second-order valence-corrected chi connectivity index (χ2v) is 4.98. The fraction of sp³-hybridized carbons (Fsp3) is 0.143. The van der Waals surface area contributed by atoms with E-state index in [9.17, 15) is 0 Å². The standard InChI is InChI=1S/C14H12N2O2S/c1-9-10(5-3-6-11(9)17-2)14-15-13(16-18-14)12-7-4-8-19-12/h3-8H,1-2H3. The van der Waals surface area contributed by atoms with Gasteiger partial charge >= 0.3 is 0 Å². The summed E-state index contributed by atoms with van der Waals surface area (Å²) in [5.41, 5.74) is 1.89. The molecule has 1 aromatic carbocycles. The predicted octanol–water partition coefficient (Wildman–Crippen LogP) is 3.78. The molecule has 96 valence electrons. The molecule has 0 bridgehead atoms. The molecule has 0 atom stereocenters. The van der Waals surface area contributed by atoms with Gasteiger partial charge in [-0.2, -0.15) is 4.98 Å². The van der Waals surface area contributed by atoms with Crippen molar-refractivity contribution in [3.05, 3.63) is 41.3 Å². The van der Waals surface area contributed by atoms with Crippen LogP contribution in [-0.2, 0) is 0 Å². The van der Waals surface area contributed by atoms with Gasteiger partial charge in [0.15, 0.2) is 0 Å². The molecule has 0 spiro atoms. The SMILES string of the molecule is COc1cccc(-c2nc(-c3cccs3)no2)c1C. The van der Waals surface area contributed by atoms with Gasteiger partial charge in [-0.15, -0.1) is 11.3 Å². The van der Waals surface area contributed by atoms with E-state index in [0.29, 0.717) is 11.7 Å². The number of methoxy groups -OCH3 is 1. The molecule has 3 rings (SSSR count). The molecule has 0 radical (unpaired) electrons. The zero-order valence-electron chi connectivity index (χ0n) is 10.6. The van der Waals surface area contributed by atoms with Gasteiger partial charge in [-0.05, 0) is 30.5 Å². The highest BCUT2D eigenvalue weighted by Crippen LogP contribution is 2.30. The van der Waals surface area contributed by atoms with E-state index in [1.807, 2.05) is 42.6 Å². The summed E-state index contributed by atoms with van der Waals surface area (Å²) in [6.45, 7) is 1.98. The van der Waals surface area contributed by atoms with Crippen molar-refractivity contribution >= 4 is 11.3 Å². The van der Waals surface area contributed by atoms with Gasteiger partial charge in [-0.25, -0.2) is 0 Å². The highest BCUT2D eigenvalue weighted by molar-refractivity contribution is 7.13. The largest absolute Gasteiger partial charge is 0.496 e. The van der Waals surface area contributed by atoms with Gasteiger partial charge in [-0.1, -0.05) is 17.3 Å². The van der Waals surface area contributed by atoms with Crippen LogP contribution in [-0.4, -0.2) is 17.3 Å². The molecule has 2 aromatic heterocycles. The highest BCUT2D eigenvalue weighted by atomic mass is 32.1. The molecule has 0 amide bonds. The molecule has 0 aliphatic heterocycles. The maximum Gasteiger partial charge on any atom is 0.258 e. The lowest BCUT2D eigenvalue weighted by atomic mass is 10.1. The van der Waals surface area contributed by atoms with Crippen LogP contribution in [0.15, 0.2) is 40.2 Å². The number of hydrogen-bond acceptors (Lipinski definition) is 5. The monoisotopic (exact) mass is 272 g/mol. The number of aromatic nitrogens is 2. The van der Waals surface area contributed by atoms with Gasteiger partial charge in [0.2, 0.25) is 5.82 Å². The third-order valence-corrected chi connectivity index (χ3v) is 3.77. The van der Waals surface area contributed by atoms with E-state index < -0.39 is 0 Å². The molecule has 0 aliphatic carbocycles. The Hall–Kier alpha value is -2.14. The Morgan fingerprint density at radius 2 is 2.11 bits per heavy atom. The summed E-state index contributed by atoms with van der Waals surface area (Å²) >= 11 is 1.59. The summed E-state index contributed by atoms with van der Waals surface area (Å²) in [6.07, 6.45) is 0. The van der Waals surface area contributed by atoms with Crippen LogP contribution in [0.3, 0.4) is 0 Å². The maximum absolute atomic E-state index is 5.34. The first-order valence-electron chi connectivity index (χ1n) is 5.81. The average Bonchev–Trinajstić information content (AvgIpc) is 3.09. The molecule has 5 heteroatoms. The van der Waals surface area contributed by atoms with Crippen LogP contribution in [0.25, 0.3) is 22.2 Å². The number of ether oxygens (including phenoxy) is 1. The minimum Gasteiger partial charge on any atom is -0.496 e. The minimum atomic E-state index is 0.514. The van der Waals surface area contributed by atoms with Crippen LogP contribution in [0, 0.1) is 6.92 Å². The topological polar surface area (TPSA) is 48.2 Å². The molecule has 3 aromatic rings. The van der Waals surface area contributed by atoms with Crippen LogP contribution >= 0.6 is 11.3 Å². The Morgan fingerprint density at radius 1 is 1.21 bits per heavy atom. The number of rotatable bonds is 3. The number of hydrogen-bond donors (Lipinski definition) is 0. The summed E-state index contributed by atoms with van der Waals surface area (Å²) in [7, 11) is 1.65. The van der Waals surface area contributed by atoms with Gasteiger partial charge in [0, 0.05) is 11.1 Å². The van der Waals surface area contributed by atoms with Crippen LogP contribution < -0.4 is 4.74 Å². The fourth-order valence-electron chi connectivity index (χ4n) is 1.91. The fourth-order valence-corrected chi connectivity index (χ4v) is 2.56. The van der Waals surface area contributed by atoms with Crippen LogP contribution in [0.4, 0.5) is 0 Å². The van der Waals surface area contributed by atoms with Crippen LogP contribution in [0.5, 0.6) is 5.75 Å². The number of benzene rings is 1. The lowest BCUT2D eigenvalue weighted by Gasteiger charge is -2.06. The van der Waals surface area contributed by atoms with Crippen molar-refractivity contribution in [2.24, 2.45) is 0 Å². The maximum atomic E-state index is 5.34. The Labute approximate surface area is 114 Å². The molecule has 0 unspecified atom stereocenters. The summed E-state index contributed by atoms with van der Waals surface area (Å²) in [4.78, 5) is 5.43. The van der Waals surface area contributed by atoms with E-state index in [-0.39, 0.29) is 0 Å². The molecular weight excluding hydrogens is 260 g/mol. The molecular formula is C14H12N2O2S. The van der Waals surface area contributed by atoms with E-state index in [2.05, 4.69) is 10.1 Å². The Balaban J connectivity index is 2.04. The van der Waals surface area contributed by atoms with E-state index >= 15 is 0 Å². The molecule has 0 N–H and O–H groups in total. The highest BCUT2D eigenvalue weighted by Gasteiger charge is 2.14.